The Morgan fingerprint density at radius 2 is 1.78 bits per heavy atom. The number of para-hydroxylation sites is 1. The molecule has 118 valence electrons. The predicted molar refractivity (Wildman–Crippen MR) is 93.5 cm³/mol. The minimum atomic E-state index is 0.205. The van der Waals surface area contributed by atoms with Crippen LogP contribution in [0.2, 0.25) is 0 Å². The number of rotatable bonds is 7. The van der Waals surface area contributed by atoms with E-state index in [1.807, 2.05) is 24.3 Å². The molecule has 0 bridgehead atoms. The third-order valence-corrected chi connectivity index (χ3v) is 4.11. The number of nitrogens with one attached hydrogen (secondary N) is 1. The largest absolute Gasteiger partial charge is 0.396 e. The van der Waals surface area contributed by atoms with Gasteiger partial charge in [0.2, 0.25) is 0 Å². The molecule has 0 radical (unpaired) electrons. The van der Waals surface area contributed by atoms with E-state index in [9.17, 15) is 0 Å². The maximum Gasteiger partial charge on any atom is 0.200 e. The first-order chi connectivity index (χ1) is 11.4. The Bertz CT molecular complexity index is 769. The second-order valence-electron chi connectivity index (χ2n) is 4.75. The summed E-state index contributed by atoms with van der Waals surface area (Å²) in [7, 11) is 0. The summed E-state index contributed by atoms with van der Waals surface area (Å²) in [4.78, 5) is 17.6. The summed E-state index contributed by atoms with van der Waals surface area (Å²) in [5, 5.41) is 13.1. The standard InChI is InChI=1S/C16H17N5OS/c22-9-11-23-10-8-19-14-12-4-1-2-5-13(12)20-16(21-14)15-17-6-3-7-18-15/h1-7,22H,8-11H2,(H,19,20,21). The molecule has 7 heteroatoms. The van der Waals surface area contributed by atoms with Crippen LogP contribution in [0.3, 0.4) is 0 Å². The Hall–Kier alpha value is -2.25. The van der Waals surface area contributed by atoms with E-state index in [2.05, 4.69) is 25.3 Å². The third kappa shape index (κ3) is 3.94. The van der Waals surface area contributed by atoms with Crippen molar-refractivity contribution in [3.05, 3.63) is 42.7 Å². The van der Waals surface area contributed by atoms with E-state index in [0.717, 1.165) is 34.8 Å². The van der Waals surface area contributed by atoms with Crippen LogP contribution in [0.5, 0.6) is 0 Å². The van der Waals surface area contributed by atoms with Gasteiger partial charge in [0.25, 0.3) is 0 Å². The molecule has 0 aliphatic carbocycles. The van der Waals surface area contributed by atoms with Gasteiger partial charge in [-0.25, -0.2) is 19.9 Å². The summed E-state index contributed by atoms with van der Waals surface area (Å²) < 4.78 is 0. The average molecular weight is 327 g/mol. The molecule has 0 atom stereocenters. The second-order valence-corrected chi connectivity index (χ2v) is 5.97. The lowest BCUT2D eigenvalue weighted by molar-refractivity contribution is 0.322. The average Bonchev–Trinajstić information content (AvgIpc) is 2.62. The van der Waals surface area contributed by atoms with Crippen LogP contribution in [-0.4, -0.2) is 49.7 Å². The summed E-state index contributed by atoms with van der Waals surface area (Å²) in [5.41, 5.74) is 0.857. The minimum absolute atomic E-state index is 0.205. The van der Waals surface area contributed by atoms with Crippen LogP contribution in [0.25, 0.3) is 22.6 Å². The Balaban J connectivity index is 1.88. The SMILES string of the molecule is OCCSCCNc1nc(-c2ncccn2)nc2ccccc12. The van der Waals surface area contributed by atoms with Gasteiger partial charge in [0.1, 0.15) is 5.82 Å². The van der Waals surface area contributed by atoms with Gasteiger partial charge in [-0.05, 0) is 18.2 Å². The van der Waals surface area contributed by atoms with E-state index in [1.165, 1.54) is 0 Å². The number of aliphatic hydroxyl groups is 1. The van der Waals surface area contributed by atoms with Gasteiger partial charge in [0.15, 0.2) is 11.6 Å². The minimum Gasteiger partial charge on any atom is -0.396 e. The Morgan fingerprint density at radius 1 is 0.957 bits per heavy atom. The molecule has 0 saturated heterocycles. The monoisotopic (exact) mass is 327 g/mol. The van der Waals surface area contributed by atoms with Crippen molar-refractivity contribution in [1.82, 2.24) is 19.9 Å². The molecule has 2 heterocycles. The number of hydrogen-bond acceptors (Lipinski definition) is 7. The predicted octanol–water partition coefficient (Wildman–Crippen LogP) is 2.22. The molecule has 0 amide bonds. The molecule has 0 fully saturated rings. The number of fused-ring (bicyclic) bond motifs is 1. The Labute approximate surface area is 138 Å². The zero-order chi connectivity index (χ0) is 15.9. The highest BCUT2D eigenvalue weighted by atomic mass is 32.2. The lowest BCUT2D eigenvalue weighted by Crippen LogP contribution is -2.08. The van der Waals surface area contributed by atoms with E-state index in [0.29, 0.717) is 11.6 Å². The van der Waals surface area contributed by atoms with Gasteiger partial charge < -0.3 is 10.4 Å². The fourth-order valence-electron chi connectivity index (χ4n) is 2.13. The maximum absolute atomic E-state index is 8.81. The summed E-state index contributed by atoms with van der Waals surface area (Å²) in [6, 6.07) is 9.63. The highest BCUT2D eigenvalue weighted by molar-refractivity contribution is 7.99. The van der Waals surface area contributed by atoms with Crippen molar-refractivity contribution in [2.45, 2.75) is 0 Å². The molecule has 6 nitrogen and oxygen atoms in total. The first kappa shape index (κ1) is 15.6. The zero-order valence-corrected chi connectivity index (χ0v) is 13.3. The number of aromatic nitrogens is 4. The molecule has 0 unspecified atom stereocenters. The van der Waals surface area contributed by atoms with E-state index in [-0.39, 0.29) is 6.61 Å². The van der Waals surface area contributed by atoms with Crippen LogP contribution >= 0.6 is 11.8 Å². The van der Waals surface area contributed by atoms with Crippen molar-refractivity contribution in [2.75, 3.05) is 30.0 Å². The molecular formula is C16H17N5OS. The summed E-state index contributed by atoms with van der Waals surface area (Å²) in [5.74, 6) is 3.44. The molecule has 0 saturated carbocycles. The lowest BCUT2D eigenvalue weighted by atomic mass is 10.2. The first-order valence-corrected chi connectivity index (χ1v) is 8.50. The van der Waals surface area contributed by atoms with Gasteiger partial charge in [-0.2, -0.15) is 11.8 Å². The van der Waals surface area contributed by atoms with Crippen molar-refractivity contribution in [2.24, 2.45) is 0 Å². The highest BCUT2D eigenvalue weighted by Crippen LogP contribution is 2.23. The molecule has 3 aromatic rings. The van der Waals surface area contributed by atoms with E-state index in [1.54, 1.807) is 30.2 Å². The highest BCUT2D eigenvalue weighted by Gasteiger charge is 2.10. The van der Waals surface area contributed by atoms with Crippen LogP contribution in [0.1, 0.15) is 0 Å². The van der Waals surface area contributed by atoms with Gasteiger partial charge in [-0.3, -0.25) is 0 Å². The first-order valence-electron chi connectivity index (χ1n) is 7.35. The second kappa shape index (κ2) is 7.85. The van der Waals surface area contributed by atoms with Gasteiger partial charge >= 0.3 is 0 Å². The third-order valence-electron chi connectivity index (χ3n) is 3.14. The number of anilines is 1. The molecular weight excluding hydrogens is 310 g/mol. The van der Waals surface area contributed by atoms with E-state index >= 15 is 0 Å². The molecule has 0 aliphatic heterocycles. The molecule has 0 spiro atoms. The number of hydrogen-bond donors (Lipinski definition) is 2. The van der Waals surface area contributed by atoms with Crippen LogP contribution in [0.4, 0.5) is 5.82 Å². The Kier molecular flexibility index (Phi) is 5.33. The molecule has 1 aromatic carbocycles. The van der Waals surface area contributed by atoms with Crippen molar-refractivity contribution < 1.29 is 5.11 Å². The zero-order valence-electron chi connectivity index (χ0n) is 12.5. The molecule has 3 rings (SSSR count). The van der Waals surface area contributed by atoms with Gasteiger partial charge in [-0.1, -0.05) is 12.1 Å². The van der Waals surface area contributed by atoms with Crippen LogP contribution in [0, 0.1) is 0 Å². The van der Waals surface area contributed by atoms with Gasteiger partial charge in [-0.15, -0.1) is 0 Å². The van der Waals surface area contributed by atoms with Crippen LogP contribution in [-0.2, 0) is 0 Å². The van der Waals surface area contributed by atoms with Crippen LogP contribution in [0.15, 0.2) is 42.7 Å². The lowest BCUT2D eigenvalue weighted by Gasteiger charge is -2.10. The molecule has 2 aromatic heterocycles. The van der Waals surface area contributed by atoms with Crippen LogP contribution < -0.4 is 5.32 Å². The van der Waals surface area contributed by atoms with Crippen molar-refractivity contribution in [1.29, 1.82) is 0 Å². The number of thioether (sulfide) groups is 1. The summed E-state index contributed by atoms with van der Waals surface area (Å²) >= 11 is 1.70. The topological polar surface area (TPSA) is 83.8 Å². The van der Waals surface area contributed by atoms with Crippen molar-refractivity contribution in [3.8, 4) is 11.6 Å². The van der Waals surface area contributed by atoms with E-state index in [4.69, 9.17) is 5.11 Å². The molecule has 23 heavy (non-hydrogen) atoms. The van der Waals surface area contributed by atoms with Crippen molar-refractivity contribution >= 4 is 28.5 Å². The van der Waals surface area contributed by atoms with Gasteiger partial charge in [0, 0.05) is 35.8 Å². The van der Waals surface area contributed by atoms with E-state index < -0.39 is 0 Å². The number of nitrogens with zero attached hydrogens (tertiary/aromatic N) is 4. The summed E-state index contributed by atoms with van der Waals surface area (Å²) in [6.45, 7) is 0.970. The fourth-order valence-corrected chi connectivity index (χ4v) is 2.71. The maximum atomic E-state index is 8.81. The molecule has 2 N–H and O–H groups in total. The Morgan fingerprint density at radius 3 is 2.61 bits per heavy atom. The quantitative estimate of drug-likeness (QED) is 0.644. The number of benzene rings is 1. The smallest absolute Gasteiger partial charge is 0.200 e. The summed E-state index contributed by atoms with van der Waals surface area (Å²) in [6.07, 6.45) is 3.36. The van der Waals surface area contributed by atoms with Crippen molar-refractivity contribution in [3.63, 3.8) is 0 Å². The number of aliphatic hydroxyl groups excluding tert-OH is 1. The molecule has 0 aliphatic rings. The van der Waals surface area contributed by atoms with Gasteiger partial charge in [0.05, 0.1) is 12.1 Å². The fraction of sp³-hybridized carbons (Fsp3) is 0.250. The normalized spacial score (nSPS) is 10.8.